The molecule has 0 aromatic carbocycles. The van der Waals surface area contributed by atoms with Crippen molar-refractivity contribution in [2.75, 3.05) is 6.67 Å². The Hall–Kier alpha value is -1.89. The van der Waals surface area contributed by atoms with E-state index >= 15 is 0 Å². The van der Waals surface area contributed by atoms with Crippen molar-refractivity contribution < 1.29 is 4.84 Å². The largest absolute Gasteiger partial charge is 0.390 e. The summed E-state index contributed by atoms with van der Waals surface area (Å²) in [6.45, 7) is 2.06. The molecule has 16 heavy (non-hydrogen) atoms. The van der Waals surface area contributed by atoms with Crippen molar-refractivity contribution in [2.24, 2.45) is 12.0 Å². The lowest BCUT2D eigenvalue weighted by Crippen LogP contribution is -2.41. The van der Waals surface area contributed by atoms with Crippen LogP contribution in [0.4, 0.5) is 0 Å². The third-order valence-electron chi connectivity index (χ3n) is 2.31. The zero-order valence-electron chi connectivity index (χ0n) is 9.06. The van der Waals surface area contributed by atoms with Gasteiger partial charge in [0.2, 0.25) is 5.90 Å². The molecule has 1 aromatic rings. The van der Waals surface area contributed by atoms with Gasteiger partial charge in [0.25, 0.3) is 5.56 Å². The Labute approximate surface area is 90.9 Å². The smallest absolute Gasteiger partial charge is 0.331 e. The maximum Gasteiger partial charge on any atom is 0.331 e. The van der Waals surface area contributed by atoms with Crippen LogP contribution in [0, 0.1) is 6.92 Å². The van der Waals surface area contributed by atoms with Gasteiger partial charge in [-0.3, -0.25) is 9.36 Å². The van der Waals surface area contributed by atoms with Gasteiger partial charge in [-0.25, -0.2) is 9.79 Å². The number of aromatic nitrogens is 2. The molecule has 0 bridgehead atoms. The van der Waals surface area contributed by atoms with Crippen LogP contribution in [-0.4, -0.2) is 21.7 Å². The minimum atomic E-state index is -0.381. The van der Waals surface area contributed by atoms with E-state index in [2.05, 4.69) is 10.5 Å². The van der Waals surface area contributed by atoms with Crippen LogP contribution in [0.1, 0.15) is 5.56 Å². The number of hydroxylamine groups is 1. The number of nitrogens with zero attached hydrogens (tertiary/aromatic N) is 3. The number of rotatable bonds is 2. The van der Waals surface area contributed by atoms with Gasteiger partial charge in [-0.15, -0.1) is 5.48 Å². The molecule has 0 saturated heterocycles. The van der Waals surface area contributed by atoms with Crippen molar-refractivity contribution in [3.8, 4) is 0 Å². The molecule has 0 aliphatic carbocycles. The number of aliphatic imine (C=N–C) groups is 1. The quantitative estimate of drug-likeness (QED) is 0.680. The molecular formula is C9H12N4O3. The van der Waals surface area contributed by atoms with E-state index in [1.54, 1.807) is 14.0 Å². The summed E-state index contributed by atoms with van der Waals surface area (Å²) in [5.74, 6) is 0.338. The average molecular weight is 224 g/mol. The van der Waals surface area contributed by atoms with Crippen molar-refractivity contribution >= 4 is 5.90 Å². The normalized spacial score (nSPS) is 14.8. The third-order valence-corrected chi connectivity index (χ3v) is 2.31. The van der Waals surface area contributed by atoms with Crippen molar-refractivity contribution in [1.82, 2.24) is 14.6 Å². The summed E-state index contributed by atoms with van der Waals surface area (Å²) in [6.07, 6.45) is 1.51. The fourth-order valence-electron chi connectivity index (χ4n) is 1.52. The maximum absolute atomic E-state index is 11.7. The predicted molar refractivity (Wildman–Crippen MR) is 57.2 cm³/mol. The SMILES string of the molecule is Cc1cn(C)c(=O)n(CC2=NCNO2)c1=O. The van der Waals surface area contributed by atoms with Gasteiger partial charge in [-0.05, 0) is 6.92 Å². The molecule has 0 unspecified atom stereocenters. The molecule has 0 fully saturated rings. The molecule has 1 aliphatic rings. The Balaban J connectivity index is 2.47. The molecule has 2 heterocycles. The van der Waals surface area contributed by atoms with Crippen molar-refractivity contribution in [2.45, 2.75) is 13.5 Å². The number of hydrogen-bond donors (Lipinski definition) is 1. The van der Waals surface area contributed by atoms with E-state index in [0.29, 0.717) is 18.1 Å². The van der Waals surface area contributed by atoms with Crippen LogP contribution in [-0.2, 0) is 18.4 Å². The second-order valence-corrected chi connectivity index (χ2v) is 3.55. The average Bonchev–Trinajstić information content (AvgIpc) is 2.74. The number of nitrogens with one attached hydrogen (secondary N) is 1. The standard InChI is InChI=1S/C9H12N4O3/c1-6-3-12(2)9(15)13(8(6)14)4-7-10-5-11-16-7/h3,11H,4-5H2,1-2H3. The molecule has 0 saturated carbocycles. The minimum absolute atomic E-state index is 0.0557. The first-order valence-electron chi connectivity index (χ1n) is 4.79. The first kappa shape index (κ1) is 10.6. The molecule has 0 spiro atoms. The Morgan fingerprint density at radius 3 is 2.94 bits per heavy atom. The summed E-state index contributed by atoms with van der Waals surface area (Å²) < 4.78 is 2.46. The summed E-state index contributed by atoms with van der Waals surface area (Å²) in [5, 5.41) is 0. The highest BCUT2D eigenvalue weighted by atomic mass is 16.7. The number of aryl methyl sites for hydroxylation is 2. The fraction of sp³-hybridized carbons (Fsp3) is 0.444. The topological polar surface area (TPSA) is 77.6 Å². The highest BCUT2D eigenvalue weighted by molar-refractivity contribution is 5.76. The zero-order chi connectivity index (χ0) is 11.7. The summed E-state index contributed by atoms with van der Waals surface area (Å²) in [7, 11) is 1.60. The Bertz CT molecular complexity index is 521. The van der Waals surface area contributed by atoms with E-state index in [-0.39, 0.29) is 17.8 Å². The Kier molecular flexibility index (Phi) is 2.61. The van der Waals surface area contributed by atoms with Gasteiger partial charge in [0.1, 0.15) is 13.2 Å². The molecule has 0 amide bonds. The Morgan fingerprint density at radius 2 is 2.31 bits per heavy atom. The molecule has 7 heteroatoms. The van der Waals surface area contributed by atoms with E-state index < -0.39 is 0 Å². The summed E-state index contributed by atoms with van der Waals surface area (Å²) in [4.78, 5) is 32.4. The maximum atomic E-state index is 11.7. The third kappa shape index (κ3) is 1.76. The zero-order valence-corrected chi connectivity index (χ0v) is 9.06. The molecule has 86 valence electrons. The molecule has 1 aromatic heterocycles. The first-order chi connectivity index (χ1) is 7.59. The van der Waals surface area contributed by atoms with Crippen LogP contribution in [0.3, 0.4) is 0 Å². The van der Waals surface area contributed by atoms with E-state index in [0.717, 1.165) is 4.57 Å². The minimum Gasteiger partial charge on any atom is -0.390 e. The van der Waals surface area contributed by atoms with Gasteiger partial charge in [-0.1, -0.05) is 0 Å². The van der Waals surface area contributed by atoms with Gasteiger partial charge in [0.05, 0.1) is 0 Å². The molecule has 2 rings (SSSR count). The first-order valence-corrected chi connectivity index (χ1v) is 4.79. The van der Waals surface area contributed by atoms with Crippen LogP contribution in [0.15, 0.2) is 20.8 Å². The monoisotopic (exact) mass is 224 g/mol. The van der Waals surface area contributed by atoms with Gasteiger partial charge in [0, 0.05) is 18.8 Å². The highest BCUT2D eigenvalue weighted by Gasteiger charge is 2.13. The van der Waals surface area contributed by atoms with Gasteiger partial charge in [-0.2, -0.15) is 0 Å². The second kappa shape index (κ2) is 3.93. The van der Waals surface area contributed by atoms with Crippen molar-refractivity contribution in [3.05, 3.63) is 32.6 Å². The van der Waals surface area contributed by atoms with E-state index in [9.17, 15) is 9.59 Å². The molecule has 1 N–H and O–H groups in total. The highest BCUT2D eigenvalue weighted by Crippen LogP contribution is 1.91. The summed E-state index contributed by atoms with van der Waals surface area (Å²) in [6, 6.07) is 0. The van der Waals surface area contributed by atoms with Crippen LogP contribution >= 0.6 is 0 Å². The van der Waals surface area contributed by atoms with E-state index in [1.807, 2.05) is 0 Å². The van der Waals surface area contributed by atoms with Crippen LogP contribution < -0.4 is 16.7 Å². The van der Waals surface area contributed by atoms with E-state index in [4.69, 9.17) is 4.84 Å². The lowest BCUT2D eigenvalue weighted by Gasteiger charge is -2.07. The molecule has 0 radical (unpaired) electrons. The van der Waals surface area contributed by atoms with E-state index in [1.165, 1.54) is 10.8 Å². The van der Waals surface area contributed by atoms with Gasteiger partial charge in [0.15, 0.2) is 0 Å². The Morgan fingerprint density at radius 1 is 1.56 bits per heavy atom. The fourth-order valence-corrected chi connectivity index (χ4v) is 1.52. The summed E-state index contributed by atoms with van der Waals surface area (Å²) >= 11 is 0. The van der Waals surface area contributed by atoms with Crippen LogP contribution in [0.5, 0.6) is 0 Å². The predicted octanol–water partition coefficient (Wildman–Crippen LogP) is -1.25. The van der Waals surface area contributed by atoms with Gasteiger partial charge >= 0.3 is 5.69 Å². The van der Waals surface area contributed by atoms with Crippen LogP contribution in [0.2, 0.25) is 0 Å². The molecular weight excluding hydrogens is 212 g/mol. The lowest BCUT2D eigenvalue weighted by atomic mass is 10.4. The second-order valence-electron chi connectivity index (χ2n) is 3.55. The lowest BCUT2D eigenvalue weighted by molar-refractivity contribution is 0.207. The van der Waals surface area contributed by atoms with Crippen LogP contribution in [0.25, 0.3) is 0 Å². The molecule has 0 atom stereocenters. The van der Waals surface area contributed by atoms with Crippen molar-refractivity contribution in [1.29, 1.82) is 0 Å². The number of hydrogen-bond acceptors (Lipinski definition) is 5. The summed E-state index contributed by atoms with van der Waals surface area (Å²) in [5.41, 5.74) is 2.34. The molecule has 1 aliphatic heterocycles. The molecule has 7 nitrogen and oxygen atoms in total. The van der Waals surface area contributed by atoms with Crippen molar-refractivity contribution in [3.63, 3.8) is 0 Å². The van der Waals surface area contributed by atoms with Gasteiger partial charge < -0.3 is 9.40 Å².